The van der Waals surface area contributed by atoms with E-state index in [1.807, 2.05) is 6.07 Å². The topological polar surface area (TPSA) is 168 Å². The molecule has 0 radical (unpaired) electrons. The Kier molecular flexibility index (Phi) is 10.5. The maximum Gasteiger partial charge on any atom is 0.410 e. The van der Waals surface area contributed by atoms with Crippen LogP contribution in [-0.4, -0.2) is 71.4 Å². The fourth-order valence-electron chi connectivity index (χ4n) is 3.73. The molecule has 2 aromatic carbocycles. The van der Waals surface area contributed by atoms with Gasteiger partial charge >= 0.3 is 6.09 Å². The number of hydrogen-bond acceptors (Lipinski definition) is 9. The summed E-state index contributed by atoms with van der Waals surface area (Å²) in [5.41, 5.74) is 0.657. The molecule has 14 heteroatoms. The van der Waals surface area contributed by atoms with Gasteiger partial charge in [-0.3, -0.25) is 19.0 Å². The molecule has 2 heterocycles. The van der Waals surface area contributed by atoms with Gasteiger partial charge in [0.2, 0.25) is 31.9 Å². The van der Waals surface area contributed by atoms with Crippen LogP contribution in [0.1, 0.15) is 31.9 Å². The molecule has 0 spiro atoms. The van der Waals surface area contributed by atoms with Gasteiger partial charge in [0.1, 0.15) is 5.60 Å². The summed E-state index contributed by atoms with van der Waals surface area (Å²) in [7, 11) is -7.34. The number of benzene rings is 2. The number of ether oxygens (including phenoxy) is 1. The van der Waals surface area contributed by atoms with Crippen LogP contribution in [0.25, 0.3) is 0 Å². The number of sulfonamides is 2. The van der Waals surface area contributed by atoms with Crippen LogP contribution in [0.3, 0.4) is 0 Å². The van der Waals surface area contributed by atoms with Crippen LogP contribution >= 0.6 is 0 Å². The first-order chi connectivity index (χ1) is 19.1. The molecule has 41 heavy (non-hydrogen) atoms. The number of nitrogens with zero attached hydrogens (tertiary/aromatic N) is 1. The lowest BCUT2D eigenvalue weighted by Gasteiger charge is -2.38. The molecule has 0 aliphatic carbocycles. The molecular formula is C27H36N4O8S2. The zero-order chi connectivity index (χ0) is 30.3. The van der Waals surface area contributed by atoms with Gasteiger partial charge in [-0.1, -0.05) is 60.7 Å². The Morgan fingerprint density at radius 2 is 1.20 bits per heavy atom. The summed E-state index contributed by atoms with van der Waals surface area (Å²) >= 11 is 0. The minimum absolute atomic E-state index is 0.154. The van der Waals surface area contributed by atoms with Gasteiger partial charge in [0.15, 0.2) is 0 Å². The lowest BCUT2D eigenvalue weighted by molar-refractivity contribution is -0.128. The summed E-state index contributed by atoms with van der Waals surface area (Å²) in [4.78, 5) is 36.7. The summed E-state index contributed by atoms with van der Waals surface area (Å²) in [5, 5.41) is 2.92. The van der Waals surface area contributed by atoms with Crippen molar-refractivity contribution in [2.75, 3.05) is 26.2 Å². The van der Waals surface area contributed by atoms with Gasteiger partial charge in [-0.05, 0) is 31.9 Å². The van der Waals surface area contributed by atoms with Crippen molar-refractivity contribution in [1.29, 1.82) is 0 Å². The first kappa shape index (κ1) is 32.0. The zero-order valence-electron chi connectivity index (χ0n) is 23.2. The Labute approximate surface area is 240 Å². The summed E-state index contributed by atoms with van der Waals surface area (Å²) in [6.07, 6.45) is -0.501. The highest BCUT2D eigenvalue weighted by molar-refractivity contribution is 7.89. The van der Waals surface area contributed by atoms with Gasteiger partial charge < -0.3 is 15.0 Å². The van der Waals surface area contributed by atoms with Crippen LogP contribution in [0.2, 0.25) is 0 Å². The number of rotatable bonds is 8. The van der Waals surface area contributed by atoms with Crippen molar-refractivity contribution in [2.24, 2.45) is 11.8 Å². The standard InChI is InChI=1S/C16H22N2O5S.C11H14N2O3S/c1-16(2,3)23-15(20)18-9-13(10-18)14(19)17-24(21,22)11-12-7-5-4-6-8-12;14-11(10-6-12-7-10)13-17(15,16)8-9-4-2-1-3-5-9/h4-8,13H,9-11H2,1-3H3,(H,17,19);1-5,10,12H,6-8H2,(H,13,14). The van der Waals surface area contributed by atoms with Gasteiger partial charge in [0.05, 0.1) is 23.3 Å². The van der Waals surface area contributed by atoms with Crippen molar-refractivity contribution >= 4 is 38.0 Å². The molecule has 0 unspecified atom stereocenters. The molecule has 0 aromatic heterocycles. The molecule has 3 N–H and O–H groups in total. The first-order valence-corrected chi connectivity index (χ1v) is 16.3. The summed E-state index contributed by atoms with van der Waals surface area (Å²) in [6.45, 7) is 6.67. The monoisotopic (exact) mass is 608 g/mol. The third kappa shape index (κ3) is 10.8. The predicted octanol–water partition coefficient (Wildman–Crippen LogP) is 1.35. The smallest absolute Gasteiger partial charge is 0.410 e. The SMILES string of the molecule is CC(C)(C)OC(=O)N1CC(C(=O)NS(=O)(=O)Cc2ccccc2)C1.O=C(NS(=O)(=O)Cc1ccccc1)C1CNC1. The molecule has 0 saturated carbocycles. The molecule has 2 aliphatic rings. The number of likely N-dealkylation sites (tertiary alicyclic amines) is 1. The fraction of sp³-hybridized carbons (Fsp3) is 0.444. The van der Waals surface area contributed by atoms with Crippen LogP contribution < -0.4 is 14.8 Å². The molecule has 224 valence electrons. The quantitative estimate of drug-likeness (QED) is 0.401. The van der Waals surface area contributed by atoms with E-state index < -0.39 is 49.5 Å². The third-order valence-corrected chi connectivity index (χ3v) is 8.42. The third-order valence-electron chi connectivity index (χ3n) is 5.97. The predicted molar refractivity (Wildman–Crippen MR) is 152 cm³/mol. The molecule has 0 bridgehead atoms. The summed E-state index contributed by atoms with van der Waals surface area (Å²) < 4.78 is 56.8. The van der Waals surface area contributed by atoms with E-state index in [2.05, 4.69) is 14.8 Å². The number of amides is 3. The van der Waals surface area contributed by atoms with E-state index in [9.17, 15) is 31.2 Å². The van der Waals surface area contributed by atoms with E-state index in [-0.39, 0.29) is 30.5 Å². The molecule has 2 aliphatic heterocycles. The van der Waals surface area contributed by atoms with Crippen LogP contribution in [0, 0.1) is 11.8 Å². The normalized spacial score (nSPS) is 15.8. The number of carbonyl (C=O) groups is 3. The molecule has 0 atom stereocenters. The Hall–Kier alpha value is -3.49. The zero-order valence-corrected chi connectivity index (χ0v) is 24.8. The van der Waals surface area contributed by atoms with E-state index in [1.54, 1.807) is 75.4 Å². The highest BCUT2D eigenvalue weighted by atomic mass is 32.2. The van der Waals surface area contributed by atoms with Gasteiger partial charge in [-0.25, -0.2) is 21.6 Å². The van der Waals surface area contributed by atoms with Crippen molar-refractivity contribution in [3.63, 3.8) is 0 Å². The Balaban J connectivity index is 0.000000239. The second kappa shape index (κ2) is 13.4. The fourth-order valence-corrected chi connectivity index (χ4v) is 6.08. The minimum Gasteiger partial charge on any atom is -0.444 e. The van der Waals surface area contributed by atoms with Crippen LogP contribution in [0.5, 0.6) is 0 Å². The van der Waals surface area contributed by atoms with Crippen molar-refractivity contribution in [2.45, 2.75) is 37.9 Å². The molecule has 12 nitrogen and oxygen atoms in total. The van der Waals surface area contributed by atoms with E-state index in [4.69, 9.17) is 4.74 Å². The van der Waals surface area contributed by atoms with E-state index in [0.717, 1.165) is 0 Å². The lowest BCUT2D eigenvalue weighted by atomic mass is 10.0. The van der Waals surface area contributed by atoms with Gasteiger partial charge in [-0.15, -0.1) is 0 Å². The van der Waals surface area contributed by atoms with Gasteiger partial charge in [-0.2, -0.15) is 0 Å². The highest BCUT2D eigenvalue weighted by Gasteiger charge is 2.39. The molecule has 2 aromatic rings. The van der Waals surface area contributed by atoms with Crippen LogP contribution in [-0.2, 0) is 45.9 Å². The maximum absolute atomic E-state index is 12.0. The van der Waals surface area contributed by atoms with Crippen molar-refractivity contribution in [3.05, 3.63) is 71.8 Å². The Morgan fingerprint density at radius 3 is 1.56 bits per heavy atom. The summed E-state index contributed by atoms with van der Waals surface area (Å²) in [6, 6.07) is 17.4. The molecule has 2 saturated heterocycles. The van der Waals surface area contributed by atoms with Crippen LogP contribution in [0.15, 0.2) is 60.7 Å². The molecule has 4 rings (SSSR count). The maximum atomic E-state index is 12.0. The molecule has 2 fully saturated rings. The largest absolute Gasteiger partial charge is 0.444 e. The average molecular weight is 609 g/mol. The van der Waals surface area contributed by atoms with Gasteiger partial charge in [0, 0.05) is 26.2 Å². The molecular weight excluding hydrogens is 572 g/mol. The Bertz CT molecular complexity index is 1420. The van der Waals surface area contributed by atoms with Crippen LogP contribution in [0.4, 0.5) is 4.79 Å². The van der Waals surface area contributed by atoms with Crippen molar-refractivity contribution in [3.8, 4) is 0 Å². The van der Waals surface area contributed by atoms with Crippen molar-refractivity contribution < 1.29 is 36.0 Å². The number of carbonyl (C=O) groups excluding carboxylic acids is 3. The minimum atomic E-state index is -3.76. The van der Waals surface area contributed by atoms with Gasteiger partial charge in [0.25, 0.3) is 0 Å². The first-order valence-electron chi connectivity index (χ1n) is 13.0. The second-order valence-electron chi connectivity index (χ2n) is 10.9. The lowest BCUT2D eigenvalue weighted by Crippen LogP contribution is -2.57. The van der Waals surface area contributed by atoms with Crippen molar-refractivity contribution in [1.82, 2.24) is 19.7 Å². The van der Waals surface area contributed by atoms with E-state index in [0.29, 0.717) is 24.2 Å². The Morgan fingerprint density at radius 1 is 0.780 bits per heavy atom. The second-order valence-corrected chi connectivity index (χ2v) is 14.3. The van der Waals surface area contributed by atoms with E-state index >= 15 is 0 Å². The number of hydrogen-bond donors (Lipinski definition) is 3. The summed E-state index contributed by atoms with van der Waals surface area (Å²) in [5.74, 6) is -2.20. The number of nitrogens with one attached hydrogen (secondary N) is 3. The van der Waals surface area contributed by atoms with E-state index in [1.165, 1.54) is 4.90 Å². The molecule has 3 amide bonds. The highest BCUT2D eigenvalue weighted by Crippen LogP contribution is 2.20. The average Bonchev–Trinajstić information content (AvgIpc) is 2.76.